The van der Waals surface area contributed by atoms with Gasteiger partial charge in [-0.3, -0.25) is 9.48 Å². The van der Waals surface area contributed by atoms with E-state index >= 15 is 0 Å². The number of hydrogen-bond acceptors (Lipinski definition) is 3. The fourth-order valence-corrected chi connectivity index (χ4v) is 2.91. The van der Waals surface area contributed by atoms with Gasteiger partial charge >= 0.3 is 0 Å². The Morgan fingerprint density at radius 1 is 1.00 bits per heavy atom. The molecule has 0 saturated heterocycles. The van der Waals surface area contributed by atoms with Crippen molar-refractivity contribution in [2.45, 2.75) is 6.54 Å². The summed E-state index contributed by atoms with van der Waals surface area (Å²) in [5.41, 5.74) is 4.32. The summed E-state index contributed by atoms with van der Waals surface area (Å²) in [5.74, 6) is -0.158. The van der Waals surface area contributed by atoms with Crippen molar-refractivity contribution in [1.29, 1.82) is 0 Å². The van der Waals surface area contributed by atoms with Crippen LogP contribution in [0.15, 0.2) is 79.3 Å². The minimum atomic E-state index is -0.158. The van der Waals surface area contributed by atoms with E-state index in [0.29, 0.717) is 12.1 Å². The molecule has 2 heterocycles. The Labute approximate surface area is 157 Å². The average molecular weight is 357 g/mol. The van der Waals surface area contributed by atoms with Crippen LogP contribution in [0.2, 0.25) is 0 Å². The van der Waals surface area contributed by atoms with Crippen molar-refractivity contribution < 1.29 is 4.79 Å². The average Bonchev–Trinajstić information content (AvgIpc) is 3.34. The summed E-state index contributed by atoms with van der Waals surface area (Å²) in [4.78, 5) is 12.4. The monoisotopic (exact) mass is 357 g/mol. The van der Waals surface area contributed by atoms with Crippen molar-refractivity contribution in [2.75, 3.05) is 0 Å². The molecular weight excluding hydrogens is 338 g/mol. The molecule has 1 N–H and O–H groups in total. The first kappa shape index (κ1) is 16.8. The third-order valence-electron chi connectivity index (χ3n) is 4.26. The maximum Gasteiger partial charge on any atom is 0.254 e. The van der Waals surface area contributed by atoms with Crippen LogP contribution in [-0.2, 0) is 13.6 Å². The molecule has 4 aromatic rings. The molecule has 2 aromatic carbocycles. The molecule has 0 aliphatic heterocycles. The Balaban J connectivity index is 1.64. The van der Waals surface area contributed by atoms with Gasteiger partial charge in [0, 0.05) is 37.1 Å². The number of hydrogen-bond donors (Lipinski definition) is 1. The molecule has 6 nitrogen and oxygen atoms in total. The van der Waals surface area contributed by atoms with Gasteiger partial charge in [-0.2, -0.15) is 10.2 Å². The van der Waals surface area contributed by atoms with Crippen LogP contribution in [0.4, 0.5) is 0 Å². The Morgan fingerprint density at radius 3 is 2.37 bits per heavy atom. The zero-order valence-corrected chi connectivity index (χ0v) is 14.9. The molecule has 6 heteroatoms. The standard InChI is InChI=1S/C21H19N5O/c1-25-14-18(13-23-25)21(27)22-12-17-15-26(19-10-6-3-7-11-19)24-20(17)16-8-4-2-5-9-16/h2-11,13-15H,12H2,1H3,(H,22,27). The normalized spacial score (nSPS) is 10.7. The van der Waals surface area contributed by atoms with E-state index < -0.39 is 0 Å². The van der Waals surface area contributed by atoms with E-state index in [9.17, 15) is 4.79 Å². The number of rotatable bonds is 5. The Kier molecular flexibility index (Phi) is 4.53. The zero-order valence-electron chi connectivity index (χ0n) is 14.9. The lowest BCUT2D eigenvalue weighted by atomic mass is 10.1. The number of aromatic nitrogens is 4. The number of carbonyl (C=O) groups is 1. The van der Waals surface area contributed by atoms with Crippen molar-refractivity contribution >= 4 is 5.91 Å². The van der Waals surface area contributed by atoms with E-state index in [-0.39, 0.29) is 5.91 Å². The number of para-hydroxylation sites is 1. The Hall–Kier alpha value is -3.67. The molecule has 0 radical (unpaired) electrons. The molecule has 1 amide bonds. The second-order valence-corrected chi connectivity index (χ2v) is 6.23. The Bertz CT molecular complexity index is 1050. The summed E-state index contributed by atoms with van der Waals surface area (Å²) >= 11 is 0. The van der Waals surface area contributed by atoms with Crippen LogP contribution in [0.1, 0.15) is 15.9 Å². The van der Waals surface area contributed by atoms with Crippen LogP contribution in [0.5, 0.6) is 0 Å². The molecule has 0 fully saturated rings. The van der Waals surface area contributed by atoms with E-state index in [0.717, 1.165) is 22.5 Å². The van der Waals surface area contributed by atoms with Crippen LogP contribution in [0, 0.1) is 0 Å². The molecule has 0 bridgehead atoms. The van der Waals surface area contributed by atoms with Crippen molar-refractivity contribution in [2.24, 2.45) is 7.05 Å². The molecule has 0 aliphatic rings. The lowest BCUT2D eigenvalue weighted by Gasteiger charge is -2.04. The first-order valence-electron chi connectivity index (χ1n) is 8.67. The summed E-state index contributed by atoms with van der Waals surface area (Å²) in [6.07, 6.45) is 5.21. The largest absolute Gasteiger partial charge is 0.348 e. The summed E-state index contributed by atoms with van der Waals surface area (Å²) < 4.78 is 3.45. The first-order chi connectivity index (χ1) is 13.2. The molecule has 0 saturated carbocycles. The lowest BCUT2D eigenvalue weighted by molar-refractivity contribution is 0.0951. The molecule has 0 unspecified atom stereocenters. The molecule has 0 spiro atoms. The van der Waals surface area contributed by atoms with Gasteiger partial charge in [0.15, 0.2) is 0 Å². The van der Waals surface area contributed by atoms with E-state index in [2.05, 4.69) is 10.4 Å². The molecule has 2 aromatic heterocycles. The maximum atomic E-state index is 12.4. The predicted octanol–water partition coefficient (Wildman–Crippen LogP) is 3.20. The number of carbonyl (C=O) groups excluding carboxylic acids is 1. The van der Waals surface area contributed by atoms with Crippen LogP contribution in [0.25, 0.3) is 16.9 Å². The quantitative estimate of drug-likeness (QED) is 0.596. The summed E-state index contributed by atoms with van der Waals surface area (Å²) in [7, 11) is 1.79. The highest BCUT2D eigenvalue weighted by atomic mass is 16.1. The van der Waals surface area contributed by atoms with Crippen LogP contribution in [0.3, 0.4) is 0 Å². The number of nitrogens with zero attached hydrogens (tertiary/aromatic N) is 4. The lowest BCUT2D eigenvalue weighted by Crippen LogP contribution is -2.22. The highest BCUT2D eigenvalue weighted by Gasteiger charge is 2.14. The van der Waals surface area contributed by atoms with Crippen LogP contribution < -0.4 is 5.32 Å². The molecule has 134 valence electrons. The fraction of sp³-hybridized carbons (Fsp3) is 0.0952. The predicted molar refractivity (Wildman–Crippen MR) is 103 cm³/mol. The zero-order chi connectivity index (χ0) is 18.6. The van der Waals surface area contributed by atoms with Gasteiger partial charge < -0.3 is 5.32 Å². The highest BCUT2D eigenvalue weighted by molar-refractivity contribution is 5.93. The van der Waals surface area contributed by atoms with E-state index in [1.165, 1.54) is 0 Å². The second-order valence-electron chi connectivity index (χ2n) is 6.23. The number of benzene rings is 2. The van der Waals surface area contributed by atoms with Crippen molar-refractivity contribution in [3.05, 3.63) is 90.4 Å². The van der Waals surface area contributed by atoms with Gasteiger partial charge in [0.1, 0.15) is 0 Å². The van der Waals surface area contributed by atoms with Crippen LogP contribution >= 0.6 is 0 Å². The van der Waals surface area contributed by atoms with Crippen molar-refractivity contribution in [3.63, 3.8) is 0 Å². The topological polar surface area (TPSA) is 64.7 Å². The number of nitrogens with one attached hydrogen (secondary N) is 1. The van der Waals surface area contributed by atoms with Gasteiger partial charge in [-0.15, -0.1) is 0 Å². The van der Waals surface area contributed by atoms with Gasteiger partial charge in [0.05, 0.1) is 23.1 Å². The smallest absolute Gasteiger partial charge is 0.254 e. The van der Waals surface area contributed by atoms with Crippen molar-refractivity contribution in [1.82, 2.24) is 24.9 Å². The molecule has 0 atom stereocenters. The fourth-order valence-electron chi connectivity index (χ4n) is 2.91. The number of amides is 1. The third kappa shape index (κ3) is 3.64. The van der Waals surface area contributed by atoms with E-state index in [4.69, 9.17) is 5.10 Å². The number of aryl methyl sites for hydroxylation is 1. The summed E-state index contributed by atoms with van der Waals surface area (Å²) in [6.45, 7) is 0.380. The van der Waals surface area contributed by atoms with Gasteiger partial charge in [-0.1, -0.05) is 48.5 Å². The molecule has 27 heavy (non-hydrogen) atoms. The molecule has 0 aliphatic carbocycles. The summed E-state index contributed by atoms with van der Waals surface area (Å²) in [6, 6.07) is 19.9. The third-order valence-corrected chi connectivity index (χ3v) is 4.26. The summed E-state index contributed by atoms with van der Waals surface area (Å²) in [5, 5.41) is 11.8. The minimum absolute atomic E-state index is 0.158. The molecule has 4 rings (SSSR count). The van der Waals surface area contributed by atoms with Gasteiger partial charge in [-0.05, 0) is 12.1 Å². The minimum Gasteiger partial charge on any atom is -0.348 e. The van der Waals surface area contributed by atoms with Gasteiger partial charge in [0.2, 0.25) is 0 Å². The second kappa shape index (κ2) is 7.29. The maximum absolute atomic E-state index is 12.4. The van der Waals surface area contributed by atoms with E-state index in [1.807, 2.05) is 71.5 Å². The van der Waals surface area contributed by atoms with Gasteiger partial charge in [0.25, 0.3) is 5.91 Å². The SMILES string of the molecule is Cn1cc(C(=O)NCc2cn(-c3ccccc3)nc2-c2ccccc2)cn1. The first-order valence-corrected chi connectivity index (χ1v) is 8.67. The van der Waals surface area contributed by atoms with E-state index in [1.54, 1.807) is 24.1 Å². The van der Waals surface area contributed by atoms with Gasteiger partial charge in [-0.25, -0.2) is 4.68 Å². The van der Waals surface area contributed by atoms with Crippen molar-refractivity contribution in [3.8, 4) is 16.9 Å². The molecular formula is C21H19N5O. The Morgan fingerprint density at radius 2 is 1.70 bits per heavy atom. The van der Waals surface area contributed by atoms with Crippen LogP contribution in [-0.4, -0.2) is 25.5 Å². The highest BCUT2D eigenvalue weighted by Crippen LogP contribution is 2.23.